The summed E-state index contributed by atoms with van der Waals surface area (Å²) in [5, 5.41) is 27.0. The van der Waals surface area contributed by atoms with E-state index in [1.54, 1.807) is 0 Å². The number of pyridine rings is 1. The minimum Gasteiger partial charge on any atom is -0.394 e. The number of aliphatic hydroxyl groups is 3. The zero-order valence-corrected chi connectivity index (χ0v) is 8.02. The van der Waals surface area contributed by atoms with Crippen molar-refractivity contribution in [3.63, 3.8) is 0 Å². The lowest BCUT2D eigenvalue weighted by Crippen LogP contribution is -2.25. The Bertz CT molecular complexity index is 356. The molecule has 0 spiro atoms. The van der Waals surface area contributed by atoms with E-state index in [1.807, 2.05) is 0 Å². The van der Waals surface area contributed by atoms with E-state index in [4.69, 9.17) is 10.2 Å². The van der Waals surface area contributed by atoms with E-state index >= 15 is 0 Å². The average molecular weight is 237 g/mol. The number of aliphatic hydroxyl groups excluding tert-OH is 3. The van der Waals surface area contributed by atoms with Gasteiger partial charge in [0.05, 0.1) is 17.9 Å². The van der Waals surface area contributed by atoms with Gasteiger partial charge in [-0.25, -0.2) is 0 Å². The third kappa shape index (κ3) is 2.69. The highest BCUT2D eigenvalue weighted by atomic mass is 19.4. The van der Waals surface area contributed by atoms with Crippen molar-refractivity contribution < 1.29 is 28.5 Å². The van der Waals surface area contributed by atoms with Crippen molar-refractivity contribution in [2.75, 3.05) is 6.61 Å². The van der Waals surface area contributed by atoms with Crippen molar-refractivity contribution in [3.8, 4) is 0 Å². The fourth-order valence-corrected chi connectivity index (χ4v) is 1.17. The molecule has 7 heteroatoms. The lowest BCUT2D eigenvalue weighted by atomic mass is 10.0. The van der Waals surface area contributed by atoms with Gasteiger partial charge in [0.15, 0.2) is 0 Å². The van der Waals surface area contributed by atoms with Crippen LogP contribution in [0.5, 0.6) is 0 Å². The largest absolute Gasteiger partial charge is 0.418 e. The van der Waals surface area contributed by atoms with Gasteiger partial charge in [-0.15, -0.1) is 0 Å². The Labute approximate surface area is 89.0 Å². The summed E-state index contributed by atoms with van der Waals surface area (Å²) in [7, 11) is 0. The Balaban J connectivity index is 3.13. The maximum atomic E-state index is 12.5. The third-order valence-electron chi connectivity index (χ3n) is 1.98. The van der Waals surface area contributed by atoms with Crippen LogP contribution < -0.4 is 0 Å². The fraction of sp³-hybridized carbons (Fsp3) is 0.444. The van der Waals surface area contributed by atoms with Crippen LogP contribution in [0.1, 0.15) is 17.4 Å². The van der Waals surface area contributed by atoms with E-state index in [0.29, 0.717) is 0 Å². The first kappa shape index (κ1) is 12.9. The highest BCUT2D eigenvalue weighted by Gasteiger charge is 2.37. The molecule has 2 atom stereocenters. The molecule has 0 fully saturated rings. The molecular weight excluding hydrogens is 227 g/mol. The SMILES string of the molecule is OCC(O)C(O)c1ncccc1C(F)(F)F. The molecule has 0 aliphatic heterocycles. The second kappa shape index (κ2) is 4.77. The van der Waals surface area contributed by atoms with Crippen LogP contribution in [-0.4, -0.2) is 33.0 Å². The van der Waals surface area contributed by atoms with E-state index < -0.39 is 36.2 Å². The van der Waals surface area contributed by atoms with Crippen LogP contribution in [0.3, 0.4) is 0 Å². The Morgan fingerprint density at radius 1 is 1.31 bits per heavy atom. The molecule has 0 saturated heterocycles. The number of rotatable bonds is 3. The number of hydrogen-bond donors (Lipinski definition) is 3. The molecule has 90 valence electrons. The van der Waals surface area contributed by atoms with Crippen molar-refractivity contribution in [1.82, 2.24) is 4.98 Å². The Morgan fingerprint density at radius 2 is 1.94 bits per heavy atom. The van der Waals surface area contributed by atoms with Crippen LogP contribution in [-0.2, 0) is 6.18 Å². The van der Waals surface area contributed by atoms with Gasteiger partial charge in [-0.2, -0.15) is 13.2 Å². The van der Waals surface area contributed by atoms with Crippen molar-refractivity contribution in [2.45, 2.75) is 18.4 Å². The highest BCUT2D eigenvalue weighted by Crippen LogP contribution is 2.34. The summed E-state index contributed by atoms with van der Waals surface area (Å²) in [5.41, 5.74) is -1.83. The molecule has 4 nitrogen and oxygen atoms in total. The van der Waals surface area contributed by atoms with Gasteiger partial charge in [0.25, 0.3) is 0 Å². The minimum absolute atomic E-state index is 0.698. The lowest BCUT2D eigenvalue weighted by Gasteiger charge is -2.19. The van der Waals surface area contributed by atoms with Gasteiger partial charge < -0.3 is 15.3 Å². The summed E-state index contributed by atoms with van der Waals surface area (Å²) < 4.78 is 37.4. The van der Waals surface area contributed by atoms with Crippen molar-refractivity contribution in [2.24, 2.45) is 0 Å². The highest BCUT2D eigenvalue weighted by molar-refractivity contribution is 5.25. The first-order valence-electron chi connectivity index (χ1n) is 4.37. The molecule has 0 bridgehead atoms. The molecule has 1 rings (SSSR count). The topological polar surface area (TPSA) is 73.6 Å². The van der Waals surface area contributed by atoms with E-state index in [0.717, 1.165) is 18.3 Å². The molecule has 1 aromatic rings. The molecule has 1 aromatic heterocycles. The molecule has 3 N–H and O–H groups in total. The molecule has 0 radical (unpaired) electrons. The second-order valence-corrected chi connectivity index (χ2v) is 3.13. The van der Waals surface area contributed by atoms with Crippen LogP contribution in [0.2, 0.25) is 0 Å². The molecular formula is C9H10F3NO3. The first-order chi connectivity index (χ1) is 7.38. The number of nitrogens with zero attached hydrogens (tertiary/aromatic N) is 1. The fourth-order valence-electron chi connectivity index (χ4n) is 1.17. The smallest absolute Gasteiger partial charge is 0.394 e. The van der Waals surface area contributed by atoms with Gasteiger partial charge in [-0.3, -0.25) is 4.98 Å². The van der Waals surface area contributed by atoms with Crippen molar-refractivity contribution in [1.29, 1.82) is 0 Å². The van der Waals surface area contributed by atoms with Crippen LogP contribution in [0, 0.1) is 0 Å². The van der Waals surface area contributed by atoms with Gasteiger partial charge >= 0.3 is 6.18 Å². The molecule has 0 amide bonds. The Hall–Kier alpha value is -1.18. The molecule has 0 aliphatic carbocycles. The van der Waals surface area contributed by atoms with Crippen LogP contribution >= 0.6 is 0 Å². The van der Waals surface area contributed by atoms with Gasteiger partial charge in [-0.05, 0) is 12.1 Å². The van der Waals surface area contributed by atoms with E-state index in [-0.39, 0.29) is 0 Å². The molecule has 0 aliphatic rings. The molecule has 0 aromatic carbocycles. The Morgan fingerprint density at radius 3 is 2.44 bits per heavy atom. The summed E-state index contributed by atoms with van der Waals surface area (Å²) in [6.07, 6.45) is -7.17. The molecule has 1 heterocycles. The van der Waals surface area contributed by atoms with E-state index in [9.17, 15) is 18.3 Å². The van der Waals surface area contributed by atoms with Gasteiger partial charge in [-0.1, -0.05) is 0 Å². The third-order valence-corrected chi connectivity index (χ3v) is 1.98. The first-order valence-corrected chi connectivity index (χ1v) is 4.37. The normalized spacial score (nSPS) is 15.9. The van der Waals surface area contributed by atoms with Gasteiger partial charge in [0.1, 0.15) is 12.2 Å². The number of alkyl halides is 3. The van der Waals surface area contributed by atoms with E-state index in [1.165, 1.54) is 0 Å². The number of aromatic nitrogens is 1. The van der Waals surface area contributed by atoms with Gasteiger partial charge in [0, 0.05) is 6.20 Å². The standard InChI is InChI=1S/C9H10F3NO3/c10-9(11,12)5-2-1-3-13-7(5)8(16)6(15)4-14/h1-3,6,8,14-16H,4H2. The number of halogens is 3. The minimum atomic E-state index is -4.67. The molecule has 0 saturated carbocycles. The quantitative estimate of drug-likeness (QED) is 0.715. The average Bonchev–Trinajstić information content (AvgIpc) is 2.26. The predicted molar refractivity (Wildman–Crippen MR) is 47.3 cm³/mol. The second-order valence-electron chi connectivity index (χ2n) is 3.13. The van der Waals surface area contributed by atoms with Crippen molar-refractivity contribution in [3.05, 3.63) is 29.6 Å². The molecule has 16 heavy (non-hydrogen) atoms. The molecule has 2 unspecified atom stereocenters. The summed E-state index contributed by atoms with van der Waals surface area (Å²) in [5.74, 6) is 0. The lowest BCUT2D eigenvalue weighted by molar-refractivity contribution is -0.140. The van der Waals surface area contributed by atoms with Crippen LogP contribution in [0.25, 0.3) is 0 Å². The Kier molecular flexibility index (Phi) is 3.84. The van der Waals surface area contributed by atoms with Gasteiger partial charge in [0.2, 0.25) is 0 Å². The monoisotopic (exact) mass is 237 g/mol. The van der Waals surface area contributed by atoms with E-state index in [2.05, 4.69) is 4.98 Å². The summed E-state index contributed by atoms with van der Waals surface area (Å²) in [6.45, 7) is -0.852. The summed E-state index contributed by atoms with van der Waals surface area (Å²) >= 11 is 0. The predicted octanol–water partition coefficient (Wildman–Crippen LogP) is 0.487. The number of hydrogen-bond acceptors (Lipinski definition) is 4. The zero-order valence-electron chi connectivity index (χ0n) is 8.02. The summed E-state index contributed by atoms with van der Waals surface area (Å²) in [4.78, 5) is 3.37. The zero-order chi connectivity index (χ0) is 12.3. The summed E-state index contributed by atoms with van der Waals surface area (Å²) in [6, 6.07) is 1.82. The van der Waals surface area contributed by atoms with Crippen LogP contribution in [0.4, 0.5) is 13.2 Å². The maximum absolute atomic E-state index is 12.5. The van der Waals surface area contributed by atoms with Crippen LogP contribution in [0.15, 0.2) is 18.3 Å². The van der Waals surface area contributed by atoms with Crippen molar-refractivity contribution >= 4 is 0 Å². The maximum Gasteiger partial charge on any atom is 0.418 e.